The van der Waals surface area contributed by atoms with Crippen molar-refractivity contribution in [2.75, 3.05) is 11.6 Å². The van der Waals surface area contributed by atoms with Gasteiger partial charge in [-0.1, -0.05) is 0 Å². The number of rotatable bonds is 2. The predicted octanol–water partition coefficient (Wildman–Crippen LogP) is 1.20. The zero-order valence-electron chi connectivity index (χ0n) is 8.51. The maximum atomic E-state index is 10.6. The number of aromatic nitrogens is 2. The van der Waals surface area contributed by atoms with Crippen molar-refractivity contribution in [1.29, 1.82) is 0 Å². The summed E-state index contributed by atoms with van der Waals surface area (Å²) in [6, 6.07) is 0. The molecule has 15 heavy (non-hydrogen) atoms. The van der Waals surface area contributed by atoms with E-state index in [0.29, 0.717) is 6.67 Å². The molecule has 1 aliphatic heterocycles. The SMILES string of the molecule is Cc1c(Br)c(N2C=CN(C=O)C2)nn1C. The van der Waals surface area contributed by atoms with Crippen molar-refractivity contribution in [3.05, 3.63) is 22.6 Å². The lowest BCUT2D eigenvalue weighted by molar-refractivity contribution is -0.115. The minimum Gasteiger partial charge on any atom is -0.310 e. The molecule has 0 aromatic carbocycles. The highest BCUT2D eigenvalue weighted by molar-refractivity contribution is 9.10. The number of hydrogen-bond donors (Lipinski definition) is 0. The monoisotopic (exact) mass is 270 g/mol. The van der Waals surface area contributed by atoms with E-state index in [1.807, 2.05) is 25.1 Å². The molecule has 1 aliphatic rings. The molecule has 5 nitrogen and oxygen atoms in total. The molecule has 1 aromatic rings. The van der Waals surface area contributed by atoms with Gasteiger partial charge in [0, 0.05) is 19.4 Å². The van der Waals surface area contributed by atoms with Crippen LogP contribution < -0.4 is 4.90 Å². The fraction of sp³-hybridized carbons (Fsp3) is 0.333. The molecule has 0 unspecified atom stereocenters. The van der Waals surface area contributed by atoms with E-state index < -0.39 is 0 Å². The Kier molecular flexibility index (Phi) is 2.52. The van der Waals surface area contributed by atoms with Gasteiger partial charge in [0.2, 0.25) is 6.41 Å². The molecule has 0 aliphatic carbocycles. The van der Waals surface area contributed by atoms with E-state index in [-0.39, 0.29) is 0 Å². The lowest BCUT2D eigenvalue weighted by atomic mass is 10.4. The molecule has 6 heteroatoms. The van der Waals surface area contributed by atoms with E-state index in [1.165, 1.54) is 0 Å². The molecule has 80 valence electrons. The molecule has 1 amide bonds. The number of carbonyl (C=O) groups is 1. The summed E-state index contributed by atoms with van der Waals surface area (Å²) < 4.78 is 2.76. The van der Waals surface area contributed by atoms with Gasteiger partial charge < -0.3 is 9.80 Å². The van der Waals surface area contributed by atoms with Crippen LogP contribution in [-0.4, -0.2) is 27.8 Å². The van der Waals surface area contributed by atoms with Crippen molar-refractivity contribution in [1.82, 2.24) is 14.7 Å². The molecule has 0 fully saturated rings. The third kappa shape index (κ3) is 1.65. The van der Waals surface area contributed by atoms with Crippen molar-refractivity contribution in [3.8, 4) is 0 Å². The average Bonchev–Trinajstić information content (AvgIpc) is 2.79. The largest absolute Gasteiger partial charge is 0.310 e. The highest BCUT2D eigenvalue weighted by Gasteiger charge is 2.20. The van der Waals surface area contributed by atoms with Gasteiger partial charge in [0.15, 0.2) is 5.82 Å². The number of halogens is 1. The lowest BCUT2D eigenvalue weighted by Gasteiger charge is -2.14. The van der Waals surface area contributed by atoms with Crippen LogP contribution in [0.4, 0.5) is 5.82 Å². The number of anilines is 1. The summed E-state index contributed by atoms with van der Waals surface area (Å²) in [6.45, 7) is 2.50. The van der Waals surface area contributed by atoms with E-state index in [4.69, 9.17) is 0 Å². The Morgan fingerprint density at radius 2 is 2.27 bits per heavy atom. The quantitative estimate of drug-likeness (QED) is 0.759. The van der Waals surface area contributed by atoms with Crippen molar-refractivity contribution < 1.29 is 4.79 Å². The molecule has 1 aromatic heterocycles. The first kappa shape index (κ1) is 10.2. The molecule has 0 saturated heterocycles. The van der Waals surface area contributed by atoms with Gasteiger partial charge in [-0.25, -0.2) is 0 Å². The van der Waals surface area contributed by atoms with Crippen LogP contribution in [0.15, 0.2) is 16.9 Å². The van der Waals surface area contributed by atoms with E-state index >= 15 is 0 Å². The smallest absolute Gasteiger partial charge is 0.215 e. The van der Waals surface area contributed by atoms with Gasteiger partial charge in [-0.2, -0.15) is 5.10 Å². The number of aryl methyl sites for hydroxylation is 1. The Hall–Kier alpha value is -1.30. The summed E-state index contributed by atoms with van der Waals surface area (Å²) >= 11 is 3.49. The summed E-state index contributed by atoms with van der Waals surface area (Å²) in [5, 5.41) is 4.36. The van der Waals surface area contributed by atoms with Crippen molar-refractivity contribution in [2.45, 2.75) is 6.92 Å². The third-order valence-corrected chi connectivity index (χ3v) is 3.33. The van der Waals surface area contributed by atoms with Crippen LogP contribution in [0.5, 0.6) is 0 Å². The highest BCUT2D eigenvalue weighted by atomic mass is 79.9. The molecular formula is C9H11BrN4O. The normalized spacial score (nSPS) is 15.1. The molecule has 0 spiro atoms. The van der Waals surface area contributed by atoms with Crippen LogP contribution >= 0.6 is 15.9 Å². The molecule has 0 bridgehead atoms. The Labute approximate surface area is 96.1 Å². The summed E-state index contributed by atoms with van der Waals surface area (Å²) in [7, 11) is 1.89. The van der Waals surface area contributed by atoms with Crippen LogP contribution in [0.2, 0.25) is 0 Å². The van der Waals surface area contributed by atoms with E-state index in [2.05, 4.69) is 21.0 Å². The molecule has 0 N–H and O–H groups in total. The second kappa shape index (κ2) is 3.69. The van der Waals surface area contributed by atoms with Gasteiger partial charge in [0.1, 0.15) is 6.67 Å². The number of hydrogen-bond acceptors (Lipinski definition) is 3. The summed E-state index contributed by atoms with van der Waals surface area (Å²) in [5.74, 6) is 0.829. The summed E-state index contributed by atoms with van der Waals surface area (Å²) in [5.41, 5.74) is 1.06. The summed E-state index contributed by atoms with van der Waals surface area (Å²) in [4.78, 5) is 14.0. The Bertz CT molecular complexity index is 426. The third-order valence-electron chi connectivity index (χ3n) is 2.41. The minimum atomic E-state index is 0.512. The number of carbonyl (C=O) groups excluding carboxylic acids is 1. The lowest BCUT2D eigenvalue weighted by Crippen LogP contribution is -2.24. The van der Waals surface area contributed by atoms with Crippen molar-refractivity contribution in [2.24, 2.45) is 7.05 Å². The Morgan fingerprint density at radius 3 is 2.73 bits per heavy atom. The number of amides is 1. The van der Waals surface area contributed by atoms with Gasteiger partial charge >= 0.3 is 0 Å². The minimum absolute atomic E-state index is 0.512. The fourth-order valence-electron chi connectivity index (χ4n) is 1.39. The van der Waals surface area contributed by atoms with Gasteiger partial charge in [-0.15, -0.1) is 0 Å². The fourth-order valence-corrected chi connectivity index (χ4v) is 1.95. The Morgan fingerprint density at radius 1 is 1.53 bits per heavy atom. The second-order valence-electron chi connectivity index (χ2n) is 3.38. The maximum Gasteiger partial charge on any atom is 0.215 e. The van der Waals surface area contributed by atoms with Crippen LogP contribution in [0.25, 0.3) is 0 Å². The maximum absolute atomic E-state index is 10.6. The second-order valence-corrected chi connectivity index (χ2v) is 4.17. The summed E-state index contributed by atoms with van der Waals surface area (Å²) in [6.07, 6.45) is 4.35. The van der Waals surface area contributed by atoms with Gasteiger partial charge in [-0.3, -0.25) is 9.48 Å². The zero-order chi connectivity index (χ0) is 11.0. The van der Waals surface area contributed by atoms with Gasteiger partial charge in [-0.05, 0) is 22.9 Å². The molecule has 0 saturated carbocycles. The number of nitrogens with zero attached hydrogens (tertiary/aromatic N) is 4. The van der Waals surface area contributed by atoms with E-state index in [1.54, 1.807) is 15.8 Å². The van der Waals surface area contributed by atoms with Gasteiger partial charge in [0.05, 0.1) is 10.2 Å². The van der Waals surface area contributed by atoms with Crippen molar-refractivity contribution >= 4 is 28.2 Å². The molecular weight excluding hydrogens is 260 g/mol. The van der Waals surface area contributed by atoms with E-state index in [9.17, 15) is 4.79 Å². The topological polar surface area (TPSA) is 41.4 Å². The average molecular weight is 271 g/mol. The van der Waals surface area contributed by atoms with Crippen LogP contribution in [0.3, 0.4) is 0 Å². The molecule has 0 radical (unpaired) electrons. The van der Waals surface area contributed by atoms with E-state index in [0.717, 1.165) is 22.4 Å². The van der Waals surface area contributed by atoms with Gasteiger partial charge in [0.25, 0.3) is 0 Å². The van der Waals surface area contributed by atoms with Crippen LogP contribution in [0.1, 0.15) is 5.69 Å². The Balaban J connectivity index is 2.28. The first-order valence-electron chi connectivity index (χ1n) is 4.48. The first-order chi connectivity index (χ1) is 7.13. The molecule has 2 heterocycles. The van der Waals surface area contributed by atoms with Crippen LogP contribution in [-0.2, 0) is 11.8 Å². The first-order valence-corrected chi connectivity index (χ1v) is 5.28. The molecule has 2 rings (SSSR count). The zero-order valence-corrected chi connectivity index (χ0v) is 10.1. The molecule has 0 atom stereocenters. The van der Waals surface area contributed by atoms with Crippen molar-refractivity contribution in [3.63, 3.8) is 0 Å². The van der Waals surface area contributed by atoms with Crippen LogP contribution in [0, 0.1) is 6.92 Å². The standard InChI is InChI=1S/C9H11BrN4O/c1-7-8(10)9(11-12(7)2)14-4-3-13(5-14)6-15/h3-4,6H,5H2,1-2H3. The predicted molar refractivity (Wildman–Crippen MR) is 60.0 cm³/mol. The highest BCUT2D eigenvalue weighted by Crippen LogP contribution is 2.29.